The average molecular weight is 251 g/mol. The van der Waals surface area contributed by atoms with Gasteiger partial charge in [-0.05, 0) is 32.5 Å². The Morgan fingerprint density at radius 2 is 1.89 bits per heavy atom. The largest absolute Gasteiger partial charge is 0.493 e. The lowest BCUT2D eigenvalue weighted by molar-refractivity contribution is 0.202. The SMILES string of the molecule is CC(C)COc1ccccc1C(CCO)N(C)C. The zero-order valence-electron chi connectivity index (χ0n) is 11.9. The second-order valence-corrected chi connectivity index (χ2v) is 5.23. The van der Waals surface area contributed by atoms with Crippen molar-refractivity contribution >= 4 is 0 Å². The fourth-order valence-electron chi connectivity index (χ4n) is 1.96. The Morgan fingerprint density at radius 3 is 2.44 bits per heavy atom. The van der Waals surface area contributed by atoms with Crippen LogP contribution in [-0.2, 0) is 0 Å². The fourth-order valence-corrected chi connectivity index (χ4v) is 1.96. The number of hydrogen-bond donors (Lipinski definition) is 1. The van der Waals surface area contributed by atoms with Crippen LogP contribution in [0.2, 0.25) is 0 Å². The lowest BCUT2D eigenvalue weighted by Gasteiger charge is -2.26. The minimum Gasteiger partial charge on any atom is -0.493 e. The lowest BCUT2D eigenvalue weighted by Crippen LogP contribution is -2.22. The van der Waals surface area contributed by atoms with E-state index in [4.69, 9.17) is 4.74 Å². The highest BCUT2D eigenvalue weighted by molar-refractivity contribution is 5.36. The van der Waals surface area contributed by atoms with Crippen molar-refractivity contribution in [3.63, 3.8) is 0 Å². The van der Waals surface area contributed by atoms with Crippen molar-refractivity contribution in [2.45, 2.75) is 26.3 Å². The molecule has 1 unspecified atom stereocenters. The van der Waals surface area contributed by atoms with Gasteiger partial charge in [0.2, 0.25) is 0 Å². The highest BCUT2D eigenvalue weighted by atomic mass is 16.5. The van der Waals surface area contributed by atoms with Gasteiger partial charge in [0.15, 0.2) is 0 Å². The summed E-state index contributed by atoms with van der Waals surface area (Å²) in [5.74, 6) is 1.44. The topological polar surface area (TPSA) is 32.7 Å². The monoisotopic (exact) mass is 251 g/mol. The second kappa shape index (κ2) is 7.39. The normalized spacial score (nSPS) is 13.1. The molecule has 3 nitrogen and oxygen atoms in total. The standard InChI is InChI=1S/C15H25NO2/c1-12(2)11-18-15-8-6-5-7-13(15)14(9-10-17)16(3)4/h5-8,12,14,17H,9-11H2,1-4H3. The maximum Gasteiger partial charge on any atom is 0.124 e. The van der Waals surface area contributed by atoms with Crippen molar-refractivity contribution in [3.05, 3.63) is 29.8 Å². The third-order valence-corrected chi connectivity index (χ3v) is 2.88. The Balaban J connectivity index is 2.91. The molecule has 0 radical (unpaired) electrons. The molecule has 18 heavy (non-hydrogen) atoms. The van der Waals surface area contributed by atoms with E-state index in [0.29, 0.717) is 5.92 Å². The highest BCUT2D eigenvalue weighted by Crippen LogP contribution is 2.30. The van der Waals surface area contributed by atoms with Crippen molar-refractivity contribution in [2.24, 2.45) is 5.92 Å². The third kappa shape index (κ3) is 4.31. The minimum atomic E-state index is 0.182. The molecule has 0 aromatic heterocycles. The first-order valence-corrected chi connectivity index (χ1v) is 6.55. The molecule has 0 heterocycles. The predicted octanol–water partition coefficient (Wildman–Crippen LogP) is 2.71. The molecule has 0 saturated carbocycles. The van der Waals surface area contributed by atoms with E-state index in [-0.39, 0.29) is 12.6 Å². The van der Waals surface area contributed by atoms with E-state index in [9.17, 15) is 5.11 Å². The Kier molecular flexibility index (Phi) is 6.16. The van der Waals surface area contributed by atoms with Gasteiger partial charge in [0.25, 0.3) is 0 Å². The Hall–Kier alpha value is -1.06. The van der Waals surface area contributed by atoms with E-state index in [1.165, 1.54) is 0 Å². The molecule has 1 rings (SSSR count). The van der Waals surface area contributed by atoms with Crippen molar-refractivity contribution in [1.82, 2.24) is 4.90 Å². The molecule has 1 atom stereocenters. The third-order valence-electron chi connectivity index (χ3n) is 2.88. The van der Waals surface area contributed by atoms with E-state index >= 15 is 0 Å². The predicted molar refractivity (Wildman–Crippen MR) is 74.9 cm³/mol. The smallest absolute Gasteiger partial charge is 0.124 e. The zero-order chi connectivity index (χ0) is 13.5. The van der Waals surface area contributed by atoms with E-state index in [0.717, 1.165) is 24.3 Å². The number of para-hydroxylation sites is 1. The van der Waals surface area contributed by atoms with E-state index in [2.05, 4.69) is 24.8 Å². The molecule has 0 bridgehead atoms. The van der Waals surface area contributed by atoms with Crippen molar-refractivity contribution in [3.8, 4) is 5.75 Å². The fraction of sp³-hybridized carbons (Fsp3) is 0.600. The van der Waals surface area contributed by atoms with Gasteiger partial charge in [-0.1, -0.05) is 32.0 Å². The first kappa shape index (κ1) is 15.0. The second-order valence-electron chi connectivity index (χ2n) is 5.23. The molecule has 102 valence electrons. The van der Waals surface area contributed by atoms with Crippen LogP contribution in [0.25, 0.3) is 0 Å². The van der Waals surface area contributed by atoms with E-state index in [1.54, 1.807) is 0 Å². The number of aliphatic hydroxyl groups is 1. The van der Waals surface area contributed by atoms with Crippen LogP contribution in [0.4, 0.5) is 0 Å². The molecule has 0 spiro atoms. The molecule has 0 amide bonds. The molecule has 0 fully saturated rings. The summed E-state index contributed by atoms with van der Waals surface area (Å²) in [6.45, 7) is 5.18. The summed E-state index contributed by atoms with van der Waals surface area (Å²) in [5.41, 5.74) is 1.15. The highest BCUT2D eigenvalue weighted by Gasteiger charge is 2.17. The summed E-state index contributed by atoms with van der Waals surface area (Å²) in [5, 5.41) is 9.19. The van der Waals surface area contributed by atoms with Crippen LogP contribution in [0.1, 0.15) is 31.9 Å². The van der Waals surface area contributed by atoms with Gasteiger partial charge in [-0.25, -0.2) is 0 Å². The van der Waals surface area contributed by atoms with Crippen LogP contribution in [0, 0.1) is 5.92 Å². The molecule has 0 aliphatic heterocycles. The number of hydrogen-bond acceptors (Lipinski definition) is 3. The van der Waals surface area contributed by atoms with Crippen molar-refractivity contribution in [1.29, 1.82) is 0 Å². The van der Waals surface area contributed by atoms with Crippen LogP contribution >= 0.6 is 0 Å². The summed E-state index contributed by atoms with van der Waals surface area (Å²) in [6.07, 6.45) is 0.717. The zero-order valence-corrected chi connectivity index (χ0v) is 11.9. The van der Waals surface area contributed by atoms with Crippen molar-refractivity contribution < 1.29 is 9.84 Å². The molecule has 0 saturated heterocycles. The Bertz CT molecular complexity index is 350. The number of benzene rings is 1. The maximum absolute atomic E-state index is 9.19. The molecule has 0 aliphatic carbocycles. The first-order chi connectivity index (χ1) is 8.56. The van der Waals surface area contributed by atoms with Crippen LogP contribution in [0.15, 0.2) is 24.3 Å². The molecular weight excluding hydrogens is 226 g/mol. The van der Waals surface area contributed by atoms with E-state index in [1.807, 2.05) is 32.3 Å². The van der Waals surface area contributed by atoms with Crippen LogP contribution in [0.5, 0.6) is 5.75 Å². The Morgan fingerprint density at radius 1 is 1.22 bits per heavy atom. The first-order valence-electron chi connectivity index (χ1n) is 6.55. The quantitative estimate of drug-likeness (QED) is 0.808. The van der Waals surface area contributed by atoms with Crippen LogP contribution in [0.3, 0.4) is 0 Å². The van der Waals surface area contributed by atoms with Gasteiger partial charge < -0.3 is 14.7 Å². The molecule has 1 N–H and O–H groups in total. The molecule has 3 heteroatoms. The van der Waals surface area contributed by atoms with Gasteiger partial charge in [-0.3, -0.25) is 0 Å². The van der Waals surface area contributed by atoms with Crippen LogP contribution in [-0.4, -0.2) is 37.3 Å². The van der Waals surface area contributed by atoms with Gasteiger partial charge in [0.1, 0.15) is 5.75 Å². The lowest BCUT2D eigenvalue weighted by atomic mass is 10.0. The minimum absolute atomic E-state index is 0.182. The molecule has 1 aromatic carbocycles. The summed E-state index contributed by atoms with van der Waals surface area (Å²) in [4.78, 5) is 2.12. The van der Waals surface area contributed by atoms with Crippen LogP contribution < -0.4 is 4.74 Å². The summed E-state index contributed by atoms with van der Waals surface area (Å²) >= 11 is 0. The molecule has 1 aromatic rings. The van der Waals surface area contributed by atoms with Gasteiger partial charge in [0, 0.05) is 18.2 Å². The average Bonchev–Trinajstić information content (AvgIpc) is 2.33. The summed E-state index contributed by atoms with van der Waals surface area (Å²) in [6, 6.07) is 8.29. The van der Waals surface area contributed by atoms with Crippen molar-refractivity contribution in [2.75, 3.05) is 27.3 Å². The van der Waals surface area contributed by atoms with Gasteiger partial charge in [0.05, 0.1) is 6.61 Å². The van der Waals surface area contributed by atoms with Gasteiger partial charge >= 0.3 is 0 Å². The molecular formula is C15H25NO2. The summed E-state index contributed by atoms with van der Waals surface area (Å²) in [7, 11) is 4.05. The Labute approximate surface area is 110 Å². The number of aliphatic hydroxyl groups excluding tert-OH is 1. The van der Waals surface area contributed by atoms with Gasteiger partial charge in [-0.2, -0.15) is 0 Å². The number of rotatable bonds is 7. The maximum atomic E-state index is 9.19. The number of nitrogens with zero attached hydrogens (tertiary/aromatic N) is 1. The number of ether oxygens (including phenoxy) is 1. The molecule has 0 aliphatic rings. The van der Waals surface area contributed by atoms with E-state index < -0.39 is 0 Å². The summed E-state index contributed by atoms with van der Waals surface area (Å²) < 4.78 is 5.87. The van der Waals surface area contributed by atoms with Gasteiger partial charge in [-0.15, -0.1) is 0 Å².